The van der Waals surface area contributed by atoms with Crippen molar-refractivity contribution in [2.24, 2.45) is 0 Å². The second-order valence-electron chi connectivity index (χ2n) is 8.71. The first-order chi connectivity index (χ1) is 18.0. The number of amides is 2. The zero-order chi connectivity index (χ0) is 25.8. The standard InChI is InChI=1S/C29H26ClN5OS/c1-19-8-3-4-10-22(19)18-37-29-34-33-27(35(29)26-16-23(30)15-14-20(26)2)17-31-28(36)32-25-13-7-11-21-9-5-6-12-24(21)25/h3-16H,17-18H2,1-2H3,(H2,31,32,36). The minimum atomic E-state index is -0.317. The topological polar surface area (TPSA) is 71.8 Å². The van der Waals surface area contributed by atoms with Gasteiger partial charge in [0.05, 0.1) is 17.9 Å². The Morgan fingerprint density at radius 2 is 1.70 bits per heavy atom. The van der Waals surface area contributed by atoms with Crippen molar-refractivity contribution >= 4 is 45.9 Å². The van der Waals surface area contributed by atoms with Crippen molar-refractivity contribution < 1.29 is 4.79 Å². The Morgan fingerprint density at radius 3 is 2.57 bits per heavy atom. The van der Waals surface area contributed by atoms with Crippen molar-refractivity contribution in [1.29, 1.82) is 0 Å². The van der Waals surface area contributed by atoms with Gasteiger partial charge in [-0.05, 0) is 54.1 Å². The summed E-state index contributed by atoms with van der Waals surface area (Å²) in [5.41, 5.74) is 5.13. The van der Waals surface area contributed by atoms with Crippen LogP contribution in [0.1, 0.15) is 22.5 Å². The summed E-state index contributed by atoms with van der Waals surface area (Å²) in [6.45, 7) is 4.32. The van der Waals surface area contributed by atoms with Gasteiger partial charge in [-0.1, -0.05) is 90.1 Å². The maximum absolute atomic E-state index is 12.8. The quantitative estimate of drug-likeness (QED) is 0.218. The van der Waals surface area contributed by atoms with E-state index < -0.39 is 0 Å². The molecule has 0 fully saturated rings. The number of aromatic nitrogens is 3. The van der Waals surface area contributed by atoms with Gasteiger partial charge in [-0.25, -0.2) is 4.79 Å². The normalized spacial score (nSPS) is 11.0. The van der Waals surface area contributed by atoms with Gasteiger partial charge in [-0.15, -0.1) is 10.2 Å². The highest BCUT2D eigenvalue weighted by molar-refractivity contribution is 7.98. The Balaban J connectivity index is 1.38. The Morgan fingerprint density at radius 1 is 0.919 bits per heavy atom. The maximum Gasteiger partial charge on any atom is 0.319 e. The summed E-state index contributed by atoms with van der Waals surface area (Å²) in [5.74, 6) is 1.37. The Labute approximate surface area is 225 Å². The molecule has 0 saturated heterocycles. The van der Waals surface area contributed by atoms with E-state index in [-0.39, 0.29) is 12.6 Å². The number of rotatable bonds is 7. The van der Waals surface area contributed by atoms with E-state index in [1.165, 1.54) is 11.1 Å². The number of anilines is 1. The summed E-state index contributed by atoms with van der Waals surface area (Å²) in [6, 6.07) is 27.5. The molecule has 37 heavy (non-hydrogen) atoms. The SMILES string of the molecule is Cc1ccccc1CSc1nnc(CNC(=O)Nc2cccc3ccccc23)n1-c1cc(Cl)ccc1C. The van der Waals surface area contributed by atoms with Crippen molar-refractivity contribution in [2.75, 3.05) is 5.32 Å². The third-order valence-electron chi connectivity index (χ3n) is 6.18. The highest BCUT2D eigenvalue weighted by atomic mass is 35.5. The third-order valence-corrected chi connectivity index (χ3v) is 7.39. The van der Waals surface area contributed by atoms with Crippen LogP contribution in [0.2, 0.25) is 5.02 Å². The van der Waals surface area contributed by atoms with Crippen LogP contribution >= 0.6 is 23.4 Å². The Kier molecular flexibility index (Phi) is 7.44. The van der Waals surface area contributed by atoms with Crippen LogP contribution in [0.25, 0.3) is 16.5 Å². The average Bonchev–Trinajstić information content (AvgIpc) is 3.31. The number of aryl methyl sites for hydroxylation is 2. The van der Waals surface area contributed by atoms with E-state index in [0.29, 0.717) is 10.8 Å². The number of carbonyl (C=O) groups excluding carboxylic acids is 1. The molecule has 5 aromatic rings. The molecule has 0 spiro atoms. The number of thioether (sulfide) groups is 1. The van der Waals surface area contributed by atoms with Gasteiger partial charge in [-0.3, -0.25) is 4.57 Å². The number of hydrogen-bond acceptors (Lipinski definition) is 4. The number of nitrogens with zero attached hydrogens (tertiary/aromatic N) is 3. The smallest absolute Gasteiger partial charge is 0.319 e. The molecular weight excluding hydrogens is 502 g/mol. The van der Waals surface area contributed by atoms with Gasteiger partial charge in [0.2, 0.25) is 0 Å². The predicted octanol–water partition coefficient (Wildman–Crippen LogP) is 7.30. The van der Waals surface area contributed by atoms with Crippen LogP contribution in [0.4, 0.5) is 10.5 Å². The first-order valence-electron chi connectivity index (χ1n) is 11.9. The van der Waals surface area contributed by atoms with Gasteiger partial charge in [0.15, 0.2) is 11.0 Å². The van der Waals surface area contributed by atoms with E-state index in [0.717, 1.165) is 38.6 Å². The van der Waals surface area contributed by atoms with Gasteiger partial charge < -0.3 is 10.6 Å². The minimum Gasteiger partial charge on any atom is -0.331 e. The fourth-order valence-corrected chi connectivity index (χ4v) is 5.35. The molecule has 2 N–H and O–H groups in total. The van der Waals surface area contributed by atoms with Crippen LogP contribution in [0.5, 0.6) is 0 Å². The molecule has 1 aromatic heterocycles. The van der Waals surface area contributed by atoms with Crippen LogP contribution in [-0.2, 0) is 12.3 Å². The number of hydrogen-bond donors (Lipinski definition) is 2. The Hall–Kier alpha value is -3.81. The van der Waals surface area contributed by atoms with Crippen LogP contribution in [0, 0.1) is 13.8 Å². The summed E-state index contributed by atoms with van der Waals surface area (Å²) in [7, 11) is 0. The summed E-state index contributed by atoms with van der Waals surface area (Å²) in [5, 5.41) is 18.2. The third kappa shape index (κ3) is 5.63. The highest BCUT2D eigenvalue weighted by Gasteiger charge is 2.18. The lowest BCUT2D eigenvalue weighted by Gasteiger charge is -2.14. The lowest BCUT2D eigenvalue weighted by molar-refractivity contribution is 0.251. The summed E-state index contributed by atoms with van der Waals surface area (Å²) < 4.78 is 1.97. The van der Waals surface area contributed by atoms with Gasteiger partial charge in [-0.2, -0.15) is 0 Å². The number of urea groups is 1. The van der Waals surface area contributed by atoms with Crippen LogP contribution in [-0.4, -0.2) is 20.8 Å². The predicted molar refractivity (Wildman–Crippen MR) is 152 cm³/mol. The molecule has 0 bridgehead atoms. The molecule has 6 nitrogen and oxygen atoms in total. The lowest BCUT2D eigenvalue weighted by atomic mass is 10.1. The second-order valence-corrected chi connectivity index (χ2v) is 10.1. The molecule has 0 radical (unpaired) electrons. The molecule has 5 rings (SSSR count). The molecule has 0 saturated carbocycles. The molecule has 0 aliphatic carbocycles. The zero-order valence-electron chi connectivity index (χ0n) is 20.5. The largest absolute Gasteiger partial charge is 0.331 e. The van der Waals surface area contributed by atoms with Crippen LogP contribution < -0.4 is 10.6 Å². The maximum atomic E-state index is 12.8. The molecule has 0 aliphatic rings. The molecule has 4 aromatic carbocycles. The molecule has 1 heterocycles. The summed E-state index contributed by atoms with van der Waals surface area (Å²) >= 11 is 7.96. The monoisotopic (exact) mass is 527 g/mol. The van der Waals surface area contributed by atoms with Gasteiger partial charge in [0.25, 0.3) is 0 Å². The molecule has 0 atom stereocenters. The van der Waals surface area contributed by atoms with Crippen molar-refractivity contribution in [3.63, 3.8) is 0 Å². The van der Waals surface area contributed by atoms with Crippen LogP contribution in [0.15, 0.2) is 90.1 Å². The summed E-state index contributed by atoms with van der Waals surface area (Å²) in [6.07, 6.45) is 0. The fraction of sp³-hybridized carbons (Fsp3) is 0.138. The van der Waals surface area contributed by atoms with Crippen LogP contribution in [0.3, 0.4) is 0 Å². The zero-order valence-corrected chi connectivity index (χ0v) is 22.1. The van der Waals surface area contributed by atoms with Gasteiger partial charge in [0, 0.05) is 16.2 Å². The number of benzene rings is 4. The number of fused-ring (bicyclic) bond motifs is 1. The van der Waals surface area contributed by atoms with Gasteiger partial charge >= 0.3 is 6.03 Å². The lowest BCUT2D eigenvalue weighted by Crippen LogP contribution is -2.29. The molecule has 0 unspecified atom stereocenters. The van der Waals surface area contributed by atoms with E-state index in [1.807, 2.05) is 84.3 Å². The second kappa shape index (κ2) is 11.1. The van der Waals surface area contributed by atoms with Crippen molar-refractivity contribution in [2.45, 2.75) is 31.3 Å². The molecule has 2 amide bonds. The van der Waals surface area contributed by atoms with Crippen molar-refractivity contribution in [1.82, 2.24) is 20.1 Å². The summed E-state index contributed by atoms with van der Waals surface area (Å²) in [4.78, 5) is 12.8. The molecular formula is C29H26ClN5OS. The minimum absolute atomic E-state index is 0.195. The molecule has 186 valence electrons. The first kappa shape index (κ1) is 24.9. The van der Waals surface area contributed by atoms with Crippen molar-refractivity contribution in [3.05, 3.63) is 112 Å². The average molecular weight is 528 g/mol. The number of nitrogens with one attached hydrogen (secondary N) is 2. The van der Waals surface area contributed by atoms with E-state index in [9.17, 15) is 4.79 Å². The highest BCUT2D eigenvalue weighted by Crippen LogP contribution is 2.29. The van der Waals surface area contributed by atoms with E-state index >= 15 is 0 Å². The van der Waals surface area contributed by atoms with Crippen molar-refractivity contribution in [3.8, 4) is 5.69 Å². The first-order valence-corrected chi connectivity index (χ1v) is 13.3. The van der Waals surface area contributed by atoms with E-state index in [2.05, 4.69) is 39.9 Å². The number of halogens is 1. The Bertz CT molecular complexity index is 1580. The van der Waals surface area contributed by atoms with E-state index in [1.54, 1.807) is 11.8 Å². The number of carbonyl (C=O) groups is 1. The molecule has 0 aliphatic heterocycles. The fourth-order valence-electron chi connectivity index (χ4n) is 4.15. The van der Waals surface area contributed by atoms with Gasteiger partial charge in [0.1, 0.15) is 0 Å². The molecule has 8 heteroatoms. The van der Waals surface area contributed by atoms with E-state index in [4.69, 9.17) is 11.6 Å².